The van der Waals surface area contributed by atoms with E-state index >= 15 is 0 Å². The van der Waals surface area contributed by atoms with Crippen molar-refractivity contribution in [3.8, 4) is 0 Å². The highest BCUT2D eigenvalue weighted by Gasteiger charge is 2.71. The van der Waals surface area contributed by atoms with Gasteiger partial charge >= 0.3 is 30.0 Å². The molecule has 0 aliphatic heterocycles. The predicted octanol–water partition coefficient (Wildman–Crippen LogP) is -2.97. The third-order valence-corrected chi connectivity index (χ3v) is 2.20. The molecule has 0 spiro atoms. The van der Waals surface area contributed by atoms with Crippen LogP contribution >= 0.6 is 0 Å². The molecule has 106 valence electrons. The highest BCUT2D eigenvalue weighted by atomic mass is 16.4. The SMILES string of the molecule is NC(C(=O)O)(C(=O)O)C(NC(=O)O)(C(=O)O)C(=O)O. The van der Waals surface area contributed by atoms with E-state index in [4.69, 9.17) is 31.3 Å². The van der Waals surface area contributed by atoms with Gasteiger partial charge < -0.3 is 31.3 Å². The summed E-state index contributed by atoms with van der Waals surface area (Å²) in [5.41, 5.74) is -3.16. The Labute approximate surface area is 103 Å². The van der Waals surface area contributed by atoms with Gasteiger partial charge in [0.2, 0.25) is 0 Å². The van der Waals surface area contributed by atoms with Crippen LogP contribution in [0.4, 0.5) is 4.79 Å². The van der Waals surface area contributed by atoms with Crippen LogP contribution in [0.25, 0.3) is 0 Å². The summed E-state index contributed by atoms with van der Waals surface area (Å²) in [6, 6.07) is 0. The fourth-order valence-corrected chi connectivity index (χ4v) is 1.21. The Morgan fingerprint density at radius 3 is 1.21 bits per heavy atom. The van der Waals surface area contributed by atoms with Crippen molar-refractivity contribution in [1.82, 2.24) is 5.32 Å². The number of carboxylic acid groups (broad SMARTS) is 5. The van der Waals surface area contributed by atoms with Gasteiger partial charge in [-0.25, -0.2) is 24.0 Å². The molecule has 0 saturated carbocycles. The molecule has 0 fully saturated rings. The van der Waals surface area contributed by atoms with Crippen LogP contribution in [0.3, 0.4) is 0 Å². The van der Waals surface area contributed by atoms with E-state index in [9.17, 15) is 24.0 Å². The summed E-state index contributed by atoms with van der Waals surface area (Å²) in [6.07, 6.45) is -2.29. The minimum absolute atomic E-state index is 0.826. The van der Waals surface area contributed by atoms with Crippen LogP contribution in [0.15, 0.2) is 0 Å². The Bertz CT molecular complexity index is 440. The van der Waals surface area contributed by atoms with Crippen molar-refractivity contribution in [2.75, 3.05) is 0 Å². The topological polar surface area (TPSA) is 225 Å². The molecule has 0 aromatic heterocycles. The summed E-state index contributed by atoms with van der Waals surface area (Å²) in [6.45, 7) is 0. The fraction of sp³-hybridized carbons (Fsp3) is 0.286. The Hall–Kier alpha value is -2.89. The first-order chi connectivity index (χ1) is 8.44. The van der Waals surface area contributed by atoms with Gasteiger partial charge in [0, 0.05) is 0 Å². The molecule has 0 bridgehead atoms. The lowest BCUT2D eigenvalue weighted by atomic mass is 9.76. The summed E-state index contributed by atoms with van der Waals surface area (Å²) in [7, 11) is 0. The number of carbonyl (C=O) groups is 5. The zero-order valence-electron chi connectivity index (χ0n) is 8.85. The molecule has 0 atom stereocenters. The van der Waals surface area contributed by atoms with Gasteiger partial charge in [0.05, 0.1) is 0 Å². The monoisotopic (exact) mass is 280 g/mol. The first-order valence-electron chi connectivity index (χ1n) is 4.18. The number of nitrogens with two attached hydrogens (primary N) is 1. The lowest BCUT2D eigenvalue weighted by molar-refractivity contribution is -0.178. The van der Waals surface area contributed by atoms with Gasteiger partial charge in [-0.3, -0.25) is 5.32 Å². The number of aliphatic carboxylic acids is 4. The Kier molecular flexibility index (Phi) is 4.05. The standard InChI is InChI=1S/C7H8N2O10/c8-6(1(10)11,2(12)13)7(3(14)15,4(16)17)9-5(18)19/h9H,8H2,(H,10,11)(H,12,13)(H,14,15)(H,16,17)(H,18,19). The molecule has 0 aromatic carbocycles. The van der Waals surface area contributed by atoms with Gasteiger partial charge in [-0.2, -0.15) is 0 Å². The second-order valence-corrected chi connectivity index (χ2v) is 3.21. The van der Waals surface area contributed by atoms with Gasteiger partial charge in [-0.05, 0) is 0 Å². The minimum atomic E-state index is -4.02. The highest BCUT2D eigenvalue weighted by molar-refractivity contribution is 6.20. The van der Waals surface area contributed by atoms with Crippen molar-refractivity contribution >= 4 is 30.0 Å². The van der Waals surface area contributed by atoms with Crippen LogP contribution in [-0.4, -0.2) is 66.6 Å². The Morgan fingerprint density at radius 1 is 0.737 bits per heavy atom. The third-order valence-electron chi connectivity index (χ3n) is 2.20. The summed E-state index contributed by atoms with van der Waals surface area (Å²) in [5, 5.41) is 44.1. The summed E-state index contributed by atoms with van der Waals surface area (Å²) in [5.74, 6) is -10.3. The van der Waals surface area contributed by atoms with Crippen molar-refractivity contribution in [1.29, 1.82) is 0 Å². The average molecular weight is 280 g/mol. The second kappa shape index (κ2) is 4.77. The Balaban J connectivity index is 6.46. The molecule has 1 amide bonds. The van der Waals surface area contributed by atoms with Crippen LogP contribution in [-0.2, 0) is 19.2 Å². The van der Waals surface area contributed by atoms with Crippen molar-refractivity contribution in [2.45, 2.75) is 11.1 Å². The van der Waals surface area contributed by atoms with Crippen molar-refractivity contribution in [2.24, 2.45) is 5.73 Å². The van der Waals surface area contributed by atoms with E-state index in [0.29, 0.717) is 0 Å². The maximum atomic E-state index is 10.9. The summed E-state index contributed by atoms with van der Waals surface area (Å²) < 4.78 is 0. The lowest BCUT2D eigenvalue weighted by Crippen LogP contribution is -2.82. The van der Waals surface area contributed by atoms with Crippen LogP contribution in [0, 0.1) is 0 Å². The molecule has 0 aromatic rings. The largest absolute Gasteiger partial charge is 0.479 e. The molecule has 0 saturated heterocycles. The number of amides is 1. The maximum Gasteiger partial charge on any atom is 0.406 e. The van der Waals surface area contributed by atoms with Gasteiger partial charge in [0.25, 0.3) is 11.1 Å². The number of carboxylic acids is 4. The van der Waals surface area contributed by atoms with Gasteiger partial charge in [0.15, 0.2) is 0 Å². The molecular formula is C7H8N2O10. The van der Waals surface area contributed by atoms with Crippen molar-refractivity contribution in [3.63, 3.8) is 0 Å². The van der Waals surface area contributed by atoms with E-state index < -0.39 is 41.0 Å². The molecule has 12 heteroatoms. The van der Waals surface area contributed by atoms with Crippen molar-refractivity contribution in [3.05, 3.63) is 0 Å². The smallest absolute Gasteiger partial charge is 0.406 e. The molecule has 12 nitrogen and oxygen atoms in total. The van der Waals surface area contributed by atoms with E-state index in [0.717, 1.165) is 5.32 Å². The second-order valence-electron chi connectivity index (χ2n) is 3.21. The zero-order chi connectivity index (χ0) is 15.6. The quantitative estimate of drug-likeness (QED) is 0.243. The van der Waals surface area contributed by atoms with Crippen LogP contribution in [0.5, 0.6) is 0 Å². The molecule has 8 N–H and O–H groups in total. The van der Waals surface area contributed by atoms with E-state index in [1.54, 1.807) is 0 Å². The van der Waals surface area contributed by atoms with Gasteiger partial charge in [0.1, 0.15) is 0 Å². The third kappa shape index (κ3) is 2.11. The lowest BCUT2D eigenvalue weighted by Gasteiger charge is -2.35. The average Bonchev–Trinajstić information content (AvgIpc) is 2.22. The van der Waals surface area contributed by atoms with Crippen LogP contribution in [0.1, 0.15) is 0 Å². The van der Waals surface area contributed by atoms with Crippen LogP contribution in [0.2, 0.25) is 0 Å². The Morgan fingerprint density at radius 2 is 1.05 bits per heavy atom. The molecule has 0 unspecified atom stereocenters. The van der Waals surface area contributed by atoms with E-state index in [2.05, 4.69) is 0 Å². The number of hydrogen-bond donors (Lipinski definition) is 7. The van der Waals surface area contributed by atoms with E-state index in [1.165, 1.54) is 0 Å². The normalized spacial score (nSPS) is 11.4. The predicted molar refractivity (Wildman–Crippen MR) is 51.4 cm³/mol. The zero-order valence-corrected chi connectivity index (χ0v) is 8.85. The summed E-state index contributed by atoms with van der Waals surface area (Å²) >= 11 is 0. The molecule has 0 heterocycles. The molecular weight excluding hydrogens is 272 g/mol. The molecule has 19 heavy (non-hydrogen) atoms. The maximum absolute atomic E-state index is 10.9. The van der Waals surface area contributed by atoms with Crippen LogP contribution < -0.4 is 11.1 Å². The number of hydrogen-bond acceptors (Lipinski definition) is 6. The molecule has 0 rings (SSSR count). The fourth-order valence-electron chi connectivity index (χ4n) is 1.21. The first kappa shape index (κ1) is 16.1. The van der Waals surface area contributed by atoms with Crippen molar-refractivity contribution < 1.29 is 49.5 Å². The van der Waals surface area contributed by atoms with E-state index in [1.807, 2.05) is 0 Å². The van der Waals surface area contributed by atoms with Gasteiger partial charge in [-0.15, -0.1) is 0 Å². The number of rotatable bonds is 6. The molecule has 0 radical (unpaired) electrons. The van der Waals surface area contributed by atoms with E-state index in [-0.39, 0.29) is 0 Å². The summed E-state index contributed by atoms with van der Waals surface area (Å²) in [4.78, 5) is 54.0. The first-order valence-corrected chi connectivity index (χ1v) is 4.18. The molecule has 0 aliphatic rings. The number of nitrogens with one attached hydrogen (secondary N) is 1. The van der Waals surface area contributed by atoms with Gasteiger partial charge in [-0.1, -0.05) is 0 Å². The highest BCUT2D eigenvalue weighted by Crippen LogP contribution is 2.23. The molecule has 0 aliphatic carbocycles. The minimum Gasteiger partial charge on any atom is -0.479 e.